The molecule has 0 aromatic rings. The van der Waals surface area contributed by atoms with Gasteiger partial charge in [-0.1, -0.05) is 0 Å². The van der Waals surface area contributed by atoms with Crippen LogP contribution in [-0.2, 0) is 0 Å². The Morgan fingerprint density at radius 3 is 1.59 bits per heavy atom. The van der Waals surface area contributed by atoms with Crippen LogP contribution >= 0.6 is 24.8 Å². The number of rotatable bonds is 2. The van der Waals surface area contributed by atoms with Gasteiger partial charge in [-0.2, -0.15) is 10.2 Å². The molecular weight excluding hydrogens is 327 g/mol. The lowest BCUT2D eigenvalue weighted by Crippen LogP contribution is -2.51. The van der Waals surface area contributed by atoms with Crippen LogP contribution in [0.2, 0.25) is 0 Å². The van der Waals surface area contributed by atoms with Gasteiger partial charge in [-0.3, -0.25) is 0 Å². The molecule has 4 saturated carbocycles. The first kappa shape index (κ1) is 18.5. The molecule has 22 heavy (non-hydrogen) atoms. The summed E-state index contributed by atoms with van der Waals surface area (Å²) in [4.78, 5) is 0. The van der Waals surface area contributed by atoms with Crippen molar-refractivity contribution in [2.75, 3.05) is 0 Å². The van der Waals surface area contributed by atoms with Crippen LogP contribution in [0.4, 0.5) is 0 Å². The summed E-state index contributed by atoms with van der Waals surface area (Å²) < 4.78 is 0. The molecule has 0 aromatic heterocycles. The van der Waals surface area contributed by atoms with Crippen molar-refractivity contribution in [3.05, 3.63) is 0 Å². The smallest absolute Gasteiger partial charge is 0.211 e. The highest BCUT2D eigenvalue weighted by atomic mass is 35.5. The average Bonchev–Trinajstić information content (AvgIpc) is 2.36. The summed E-state index contributed by atoms with van der Waals surface area (Å²) in [5.41, 5.74) is 23.5. The second-order valence-electron chi connectivity index (χ2n) is 5.85. The van der Waals surface area contributed by atoms with Crippen molar-refractivity contribution in [3.63, 3.8) is 0 Å². The number of guanidine groups is 2. The van der Waals surface area contributed by atoms with Crippen molar-refractivity contribution in [2.45, 2.75) is 25.7 Å². The third-order valence-corrected chi connectivity index (χ3v) is 4.49. The maximum Gasteiger partial charge on any atom is 0.211 e. The van der Waals surface area contributed by atoms with Crippen molar-refractivity contribution in [3.8, 4) is 0 Å². The highest BCUT2D eigenvalue weighted by molar-refractivity contribution is 6.12. The topological polar surface area (TPSA) is 154 Å². The first-order valence-electron chi connectivity index (χ1n) is 6.87. The molecule has 4 aliphatic rings. The molecule has 2 unspecified atom stereocenters. The minimum atomic E-state index is -0.0194. The van der Waals surface area contributed by atoms with Gasteiger partial charge in [0.1, 0.15) is 0 Å². The van der Waals surface area contributed by atoms with Gasteiger partial charge in [-0.05, 0) is 31.6 Å². The molecule has 0 heterocycles. The van der Waals surface area contributed by atoms with E-state index in [0.717, 1.165) is 30.2 Å². The van der Waals surface area contributed by atoms with Crippen LogP contribution in [0.5, 0.6) is 0 Å². The van der Waals surface area contributed by atoms with Crippen LogP contribution in [0, 0.1) is 23.7 Å². The molecule has 0 aliphatic heterocycles. The molecule has 0 amide bonds. The fourth-order valence-electron chi connectivity index (χ4n) is 3.94. The minimum Gasteiger partial charge on any atom is -0.369 e. The summed E-state index contributed by atoms with van der Waals surface area (Å²) >= 11 is 0. The molecule has 8 nitrogen and oxygen atoms in total. The van der Waals surface area contributed by atoms with Crippen molar-refractivity contribution in [1.82, 2.24) is 0 Å². The molecule has 4 bridgehead atoms. The fraction of sp³-hybridized carbons (Fsp3) is 0.667. The van der Waals surface area contributed by atoms with E-state index in [1.807, 2.05) is 0 Å². The molecule has 0 saturated heterocycles. The third-order valence-electron chi connectivity index (χ3n) is 4.49. The van der Waals surface area contributed by atoms with E-state index in [-0.39, 0.29) is 42.7 Å². The lowest BCUT2D eigenvalue weighted by Gasteiger charge is -2.50. The SMILES string of the molecule is Cl.Cl.NC(N)=N/N=C1\C2CC3C[C@@H]1C[C@H](C3)/C2=N/N=C(N)N. The van der Waals surface area contributed by atoms with Gasteiger partial charge in [0.25, 0.3) is 0 Å². The summed E-state index contributed by atoms with van der Waals surface area (Å²) in [6, 6.07) is 0. The summed E-state index contributed by atoms with van der Waals surface area (Å²) in [7, 11) is 0. The van der Waals surface area contributed by atoms with Gasteiger partial charge in [-0.25, -0.2) is 0 Å². The quantitative estimate of drug-likeness (QED) is 0.318. The fourth-order valence-corrected chi connectivity index (χ4v) is 3.94. The van der Waals surface area contributed by atoms with Gasteiger partial charge < -0.3 is 22.9 Å². The highest BCUT2D eigenvalue weighted by Gasteiger charge is 2.50. The van der Waals surface area contributed by atoms with Crippen LogP contribution in [0.25, 0.3) is 0 Å². The van der Waals surface area contributed by atoms with E-state index in [1.165, 1.54) is 12.8 Å². The Hall–Kier alpha value is -1.54. The summed E-state index contributed by atoms with van der Waals surface area (Å²) in [6.07, 6.45) is 4.46. The number of hydrogen-bond donors (Lipinski definition) is 4. The zero-order valence-corrected chi connectivity index (χ0v) is 13.7. The van der Waals surface area contributed by atoms with E-state index in [1.54, 1.807) is 0 Å². The van der Waals surface area contributed by atoms with Crippen LogP contribution in [0.1, 0.15) is 25.7 Å². The summed E-state index contributed by atoms with van der Waals surface area (Å²) in [5, 5.41) is 16.2. The third kappa shape index (κ3) is 3.44. The van der Waals surface area contributed by atoms with Crippen molar-refractivity contribution < 1.29 is 0 Å². The maximum atomic E-state index is 5.36. The van der Waals surface area contributed by atoms with E-state index >= 15 is 0 Å². The molecule has 0 radical (unpaired) electrons. The van der Waals surface area contributed by atoms with Gasteiger partial charge in [0.2, 0.25) is 11.9 Å². The molecule has 4 atom stereocenters. The lowest BCUT2D eigenvalue weighted by atomic mass is 9.54. The first-order chi connectivity index (χ1) is 9.54. The van der Waals surface area contributed by atoms with Gasteiger partial charge in [0.15, 0.2) is 0 Å². The molecule has 8 N–H and O–H groups in total. The molecule has 4 aliphatic carbocycles. The average molecular weight is 349 g/mol. The zero-order valence-electron chi connectivity index (χ0n) is 12.1. The van der Waals surface area contributed by atoms with Crippen molar-refractivity contribution in [1.29, 1.82) is 0 Å². The van der Waals surface area contributed by atoms with Gasteiger partial charge >= 0.3 is 0 Å². The maximum absolute atomic E-state index is 5.36. The van der Waals surface area contributed by atoms with Crippen LogP contribution in [0.15, 0.2) is 20.4 Å². The molecule has 4 fully saturated rings. The molecule has 4 rings (SSSR count). The Morgan fingerprint density at radius 1 is 0.727 bits per heavy atom. The monoisotopic (exact) mass is 348 g/mol. The van der Waals surface area contributed by atoms with E-state index < -0.39 is 0 Å². The van der Waals surface area contributed by atoms with E-state index in [0.29, 0.717) is 11.8 Å². The van der Waals surface area contributed by atoms with Crippen LogP contribution in [-0.4, -0.2) is 23.3 Å². The minimum absolute atomic E-state index is 0. The second-order valence-corrected chi connectivity index (χ2v) is 5.85. The predicted molar refractivity (Wildman–Crippen MR) is 93.4 cm³/mol. The van der Waals surface area contributed by atoms with E-state index in [9.17, 15) is 0 Å². The highest BCUT2D eigenvalue weighted by Crippen LogP contribution is 2.51. The van der Waals surface area contributed by atoms with Gasteiger partial charge in [0.05, 0.1) is 11.4 Å². The Bertz CT molecular complexity index is 489. The van der Waals surface area contributed by atoms with Crippen LogP contribution in [0.3, 0.4) is 0 Å². The zero-order chi connectivity index (χ0) is 14.3. The molecule has 0 aromatic carbocycles. The van der Waals surface area contributed by atoms with E-state index in [2.05, 4.69) is 20.4 Å². The summed E-state index contributed by atoms with van der Waals surface area (Å²) in [6.45, 7) is 0. The predicted octanol–water partition coefficient (Wildman–Crippen LogP) is 0.155. The Kier molecular flexibility index (Phi) is 6.01. The lowest BCUT2D eigenvalue weighted by molar-refractivity contribution is 0.199. The Morgan fingerprint density at radius 2 is 1.18 bits per heavy atom. The number of nitrogens with two attached hydrogens (primary N) is 4. The first-order valence-corrected chi connectivity index (χ1v) is 6.87. The van der Waals surface area contributed by atoms with E-state index in [4.69, 9.17) is 22.9 Å². The van der Waals surface area contributed by atoms with Crippen molar-refractivity contribution >= 4 is 48.2 Å². The standard InChI is InChI=1S/C12H20N8.2ClH/c13-11(14)19-17-9-6-1-5-2-7(4-6)10(8(9)3-5)18-20-12(15)16;;/h5-8H,1-4H2,(H4,13,14,19)(H4,15,16,20);2*1H/b17-9-,18-10-;;/t5?,6-,7+,8?;;. The van der Waals surface area contributed by atoms with Gasteiger partial charge in [-0.15, -0.1) is 35.0 Å². The number of halogens is 2. The number of nitrogens with zero attached hydrogens (tertiary/aromatic N) is 4. The van der Waals surface area contributed by atoms with Crippen LogP contribution < -0.4 is 22.9 Å². The number of hydrogen-bond acceptors (Lipinski definition) is 4. The molecular formula is C12H22Cl2N8. The largest absolute Gasteiger partial charge is 0.369 e. The molecule has 124 valence electrons. The Labute approximate surface area is 141 Å². The molecule has 10 heteroatoms. The molecule has 0 spiro atoms. The van der Waals surface area contributed by atoms with Gasteiger partial charge in [0, 0.05) is 17.8 Å². The van der Waals surface area contributed by atoms with Crippen molar-refractivity contribution in [2.24, 2.45) is 67.0 Å². The second kappa shape index (κ2) is 7.15. The summed E-state index contributed by atoms with van der Waals surface area (Å²) in [5.74, 6) is 1.85. The Balaban J connectivity index is 0.00000121. The normalized spacial score (nSPS) is 34.7.